The van der Waals surface area contributed by atoms with E-state index < -0.39 is 22.2 Å². The Bertz CT molecular complexity index is 1720. The summed E-state index contributed by atoms with van der Waals surface area (Å²) in [4.78, 5) is 14.1. The van der Waals surface area contributed by atoms with Crippen molar-refractivity contribution in [3.63, 3.8) is 0 Å². The first kappa shape index (κ1) is 41.7. The van der Waals surface area contributed by atoms with E-state index in [2.05, 4.69) is 114 Å². The molecular weight excluding hydrogens is 697 g/mol. The second-order valence-electron chi connectivity index (χ2n) is 19.1. The van der Waals surface area contributed by atoms with Crippen molar-refractivity contribution in [1.82, 2.24) is 0 Å². The molecule has 0 N–H and O–H groups in total. The molecule has 2 saturated heterocycles. The van der Waals surface area contributed by atoms with Crippen molar-refractivity contribution >= 4 is 33.6 Å². The summed E-state index contributed by atoms with van der Waals surface area (Å²) in [5.74, 6) is 0.895. The maximum Gasteiger partial charge on any atom is 0.344 e. The van der Waals surface area contributed by atoms with E-state index in [0.29, 0.717) is 25.6 Å². The van der Waals surface area contributed by atoms with Crippen molar-refractivity contribution in [3.8, 4) is 5.75 Å². The summed E-state index contributed by atoms with van der Waals surface area (Å²) in [6.07, 6.45) is 4.93. The fraction of sp³-hybridized carbons (Fsp3) is 0.659. The van der Waals surface area contributed by atoms with E-state index in [1.165, 1.54) is 0 Å². The molecule has 5 rings (SSSR count). The predicted octanol–water partition coefficient (Wildman–Crippen LogP) is 11.9. The summed E-state index contributed by atoms with van der Waals surface area (Å²) in [7, 11) is -4.38. The minimum absolute atomic E-state index is 0.0127. The number of hydrogen-bond acceptors (Lipinski definition) is 7. The van der Waals surface area contributed by atoms with Gasteiger partial charge in [-0.3, -0.25) is 0 Å². The summed E-state index contributed by atoms with van der Waals surface area (Å²) in [5.41, 5.74) is 4.05. The van der Waals surface area contributed by atoms with Crippen molar-refractivity contribution in [2.45, 2.75) is 181 Å². The molecular formula is C44H68O7Si2. The molecule has 294 valence electrons. The minimum Gasteiger partial charge on any atom is -0.488 e. The number of ether oxygens (including phenoxy) is 3. The molecule has 2 aliphatic rings. The van der Waals surface area contributed by atoms with Crippen LogP contribution in [0.15, 0.2) is 47.1 Å². The Balaban J connectivity index is 1.61. The van der Waals surface area contributed by atoms with E-state index in [1.807, 2.05) is 24.5 Å². The Morgan fingerprint density at radius 1 is 0.943 bits per heavy atom. The number of cyclic esters (lactones) is 1. The zero-order chi connectivity index (χ0) is 39.1. The molecule has 2 aromatic carbocycles. The quantitative estimate of drug-likeness (QED) is 0.0866. The highest BCUT2D eigenvalue weighted by molar-refractivity contribution is 6.74. The molecule has 7 nitrogen and oxygen atoms in total. The number of benzene rings is 2. The van der Waals surface area contributed by atoms with Crippen LogP contribution in [0.25, 0.3) is 11.0 Å². The zero-order valence-electron chi connectivity index (χ0n) is 35.2. The van der Waals surface area contributed by atoms with Crippen molar-refractivity contribution in [2.75, 3.05) is 0 Å². The van der Waals surface area contributed by atoms with Crippen LogP contribution in [-0.2, 0) is 42.8 Å². The van der Waals surface area contributed by atoms with Gasteiger partial charge in [0.05, 0.1) is 24.5 Å². The van der Waals surface area contributed by atoms with E-state index in [4.69, 9.17) is 27.5 Å². The third kappa shape index (κ3) is 8.54. The average Bonchev–Trinajstić information content (AvgIpc) is 3.66. The number of carbonyl (C=O) groups excluding carboxylic acids is 1. The molecule has 3 aromatic rings. The molecule has 3 heterocycles. The van der Waals surface area contributed by atoms with Crippen molar-refractivity contribution in [1.29, 1.82) is 0 Å². The van der Waals surface area contributed by atoms with Crippen molar-refractivity contribution in [2.24, 2.45) is 5.92 Å². The van der Waals surface area contributed by atoms with Gasteiger partial charge in [0.25, 0.3) is 0 Å². The van der Waals surface area contributed by atoms with Gasteiger partial charge < -0.3 is 27.5 Å². The molecule has 2 aliphatic heterocycles. The Morgan fingerprint density at radius 3 is 2.17 bits per heavy atom. The van der Waals surface area contributed by atoms with Crippen LogP contribution in [-0.4, -0.2) is 46.5 Å². The van der Waals surface area contributed by atoms with Gasteiger partial charge in [-0.2, -0.15) is 0 Å². The summed E-state index contributed by atoms with van der Waals surface area (Å²) in [5, 5.41) is 1.08. The van der Waals surface area contributed by atoms with Gasteiger partial charge in [0.15, 0.2) is 16.6 Å². The van der Waals surface area contributed by atoms with Gasteiger partial charge in [0.1, 0.15) is 30.1 Å². The lowest BCUT2D eigenvalue weighted by atomic mass is 9.81. The van der Waals surface area contributed by atoms with Crippen LogP contribution < -0.4 is 4.74 Å². The van der Waals surface area contributed by atoms with Crippen LogP contribution in [0, 0.1) is 5.92 Å². The molecule has 0 radical (unpaired) electrons. The second kappa shape index (κ2) is 15.6. The number of hydrogen-bond donors (Lipinski definition) is 0. The van der Waals surface area contributed by atoms with Gasteiger partial charge >= 0.3 is 5.97 Å². The smallest absolute Gasteiger partial charge is 0.344 e. The highest BCUT2D eigenvalue weighted by atomic mass is 28.4. The molecule has 0 amide bonds. The van der Waals surface area contributed by atoms with Gasteiger partial charge in [-0.25, -0.2) is 4.79 Å². The van der Waals surface area contributed by atoms with Crippen molar-refractivity contribution in [3.05, 3.63) is 64.9 Å². The van der Waals surface area contributed by atoms with E-state index in [9.17, 15) is 4.79 Å². The summed E-state index contributed by atoms with van der Waals surface area (Å²) in [6, 6.07) is 12.6. The third-order valence-corrected chi connectivity index (χ3v) is 21.5. The average molecular weight is 765 g/mol. The van der Waals surface area contributed by atoms with E-state index in [0.717, 1.165) is 64.7 Å². The lowest BCUT2D eigenvalue weighted by molar-refractivity contribution is -0.173. The number of esters is 1. The third-order valence-electron chi connectivity index (χ3n) is 12.6. The molecule has 9 heteroatoms. The van der Waals surface area contributed by atoms with Crippen molar-refractivity contribution < 1.29 is 32.3 Å². The Morgan fingerprint density at radius 2 is 1.60 bits per heavy atom. The lowest BCUT2D eigenvalue weighted by Gasteiger charge is -2.44. The number of fused-ring (bicyclic) bond motifs is 1. The first-order valence-corrected chi connectivity index (χ1v) is 25.9. The molecule has 2 fully saturated rings. The highest BCUT2D eigenvalue weighted by Crippen LogP contribution is 2.53. The standard InChI is InChI=1S/C44H68O7Si2/c1-15-20-32(36-25-38(51-53(13,14)43(8,9)10)44(41(45)49-36)37(16-2)50-44)34-27-47-40-33(34)24-31(23-29(3)4)39(46-26-30-21-18-17-19-22-30)35(40)28-48-52(11,12)42(5,6)7/h17-19,21-22,24,27,29,32,36-38H,15-16,20,23,25-26,28H2,1-14H3/t32-,36+,37+,38-,44+/m0/s1. The summed E-state index contributed by atoms with van der Waals surface area (Å²) < 4.78 is 40.1. The first-order valence-electron chi connectivity index (χ1n) is 20.1. The molecule has 5 atom stereocenters. The highest BCUT2D eigenvalue weighted by Gasteiger charge is 2.71. The Kier molecular flexibility index (Phi) is 12.3. The van der Waals surface area contributed by atoms with E-state index >= 15 is 0 Å². The SMILES string of the molecule is CCC[C@@H](c1coc2c(CO[Si](C)(C)C(C)(C)C)c(OCc3ccccc3)c(CC(C)C)cc12)[C@H]1C[C@H](O[Si](C)(C)C(C)(C)C)[C@@]2(O[C@@H]2CC)C(=O)O1. The molecule has 0 bridgehead atoms. The number of epoxide rings is 1. The predicted molar refractivity (Wildman–Crippen MR) is 220 cm³/mol. The molecule has 1 spiro atoms. The Hall–Kier alpha value is -2.44. The van der Waals surface area contributed by atoms with Gasteiger partial charge in [-0.1, -0.05) is 106 Å². The molecule has 53 heavy (non-hydrogen) atoms. The fourth-order valence-electron chi connectivity index (χ4n) is 7.30. The minimum atomic E-state index is -2.24. The van der Waals surface area contributed by atoms with Crippen LogP contribution in [0.4, 0.5) is 0 Å². The van der Waals surface area contributed by atoms with Crippen LogP contribution in [0.5, 0.6) is 5.75 Å². The second-order valence-corrected chi connectivity index (χ2v) is 28.6. The molecule has 0 aliphatic carbocycles. The number of rotatable bonds is 15. The number of furan rings is 1. The van der Waals surface area contributed by atoms with E-state index in [1.54, 1.807) is 0 Å². The Labute approximate surface area is 322 Å². The van der Waals surface area contributed by atoms with Gasteiger partial charge in [0.2, 0.25) is 5.60 Å². The lowest BCUT2D eigenvalue weighted by Crippen LogP contribution is -2.57. The maximum absolute atomic E-state index is 14.1. The largest absolute Gasteiger partial charge is 0.488 e. The number of carbonyl (C=O) groups is 1. The van der Waals surface area contributed by atoms with Gasteiger partial charge in [-0.05, 0) is 78.6 Å². The molecule has 0 saturated carbocycles. The zero-order valence-corrected chi connectivity index (χ0v) is 37.2. The first-order chi connectivity index (χ1) is 24.7. The molecule has 0 unspecified atom stereocenters. The van der Waals surface area contributed by atoms with Gasteiger partial charge in [-0.15, -0.1) is 0 Å². The monoisotopic (exact) mass is 764 g/mol. The fourth-order valence-corrected chi connectivity index (χ4v) is 9.58. The summed E-state index contributed by atoms with van der Waals surface area (Å²) >= 11 is 0. The molecule has 1 aromatic heterocycles. The van der Waals surface area contributed by atoms with E-state index in [-0.39, 0.29) is 40.3 Å². The topological polar surface area (TPSA) is 79.7 Å². The van der Waals surface area contributed by atoms with Crippen LogP contribution in [0.1, 0.15) is 123 Å². The normalized spacial score (nSPS) is 23.2. The van der Waals surface area contributed by atoms with Gasteiger partial charge in [0, 0.05) is 23.3 Å². The van der Waals surface area contributed by atoms with Crippen LogP contribution in [0.2, 0.25) is 36.3 Å². The van der Waals surface area contributed by atoms with Crippen LogP contribution >= 0.6 is 0 Å². The van der Waals surface area contributed by atoms with Crippen LogP contribution in [0.3, 0.4) is 0 Å². The maximum atomic E-state index is 14.1. The summed E-state index contributed by atoms with van der Waals surface area (Å²) in [6.45, 7) is 32.2.